The third kappa shape index (κ3) is 7.55. The van der Waals surface area contributed by atoms with E-state index >= 15 is 0 Å². The Labute approximate surface area is 125 Å². The van der Waals surface area contributed by atoms with E-state index in [9.17, 15) is 13.2 Å². The lowest BCUT2D eigenvalue weighted by molar-refractivity contribution is -0.151. The van der Waals surface area contributed by atoms with Crippen molar-refractivity contribution in [3.05, 3.63) is 24.3 Å². The van der Waals surface area contributed by atoms with Crippen molar-refractivity contribution in [1.29, 1.82) is 0 Å². The van der Waals surface area contributed by atoms with Crippen molar-refractivity contribution in [2.75, 3.05) is 23.8 Å². The van der Waals surface area contributed by atoms with Crippen LogP contribution in [0.2, 0.25) is 0 Å². The number of nitrogens with two attached hydrogens (primary N) is 1. The second kappa shape index (κ2) is 6.80. The summed E-state index contributed by atoms with van der Waals surface area (Å²) in [7, 11) is -3.56. The van der Waals surface area contributed by atoms with E-state index in [0.29, 0.717) is 11.4 Å². The summed E-state index contributed by atoms with van der Waals surface area (Å²) >= 11 is 0. The van der Waals surface area contributed by atoms with Crippen molar-refractivity contribution < 1.29 is 22.7 Å². The number of nitrogen functional groups attached to an aromatic ring is 1. The molecule has 0 aliphatic carbocycles. The van der Waals surface area contributed by atoms with Crippen LogP contribution in [0.15, 0.2) is 24.3 Å². The summed E-state index contributed by atoms with van der Waals surface area (Å²) in [6.45, 7) is 5.01. The SMILES string of the molecule is CC(C)(C)OC(=O)CS(=O)(=O)CCOc1ccc(N)cc1. The van der Waals surface area contributed by atoms with Gasteiger partial charge in [0.1, 0.15) is 23.7 Å². The molecule has 1 rings (SSSR count). The highest BCUT2D eigenvalue weighted by Crippen LogP contribution is 2.13. The minimum atomic E-state index is -3.56. The van der Waals surface area contributed by atoms with Crippen molar-refractivity contribution in [3.63, 3.8) is 0 Å². The minimum Gasteiger partial charge on any atom is -0.493 e. The van der Waals surface area contributed by atoms with Crippen LogP contribution in [0.4, 0.5) is 5.69 Å². The predicted molar refractivity (Wildman–Crippen MR) is 80.8 cm³/mol. The number of hydrogen-bond donors (Lipinski definition) is 1. The number of esters is 1. The second-order valence-corrected chi connectivity index (χ2v) is 7.78. The molecule has 0 unspecified atom stereocenters. The summed E-state index contributed by atoms with van der Waals surface area (Å²) in [5.41, 5.74) is 5.42. The smallest absolute Gasteiger partial charge is 0.321 e. The number of carbonyl (C=O) groups excluding carboxylic acids is 1. The molecule has 0 fully saturated rings. The third-order valence-corrected chi connectivity index (χ3v) is 3.77. The molecular formula is C14H21NO5S. The molecule has 6 nitrogen and oxygen atoms in total. The highest BCUT2D eigenvalue weighted by Gasteiger charge is 2.22. The summed E-state index contributed by atoms with van der Waals surface area (Å²) in [6, 6.07) is 6.61. The molecule has 0 saturated carbocycles. The monoisotopic (exact) mass is 315 g/mol. The molecule has 0 aliphatic heterocycles. The Kier molecular flexibility index (Phi) is 5.60. The molecule has 0 amide bonds. The van der Waals surface area contributed by atoms with Crippen molar-refractivity contribution in [2.45, 2.75) is 26.4 Å². The molecular weight excluding hydrogens is 294 g/mol. The van der Waals surface area contributed by atoms with E-state index in [1.54, 1.807) is 45.0 Å². The van der Waals surface area contributed by atoms with Gasteiger partial charge < -0.3 is 15.2 Å². The lowest BCUT2D eigenvalue weighted by Gasteiger charge is -2.19. The van der Waals surface area contributed by atoms with Crippen LogP contribution in [0.25, 0.3) is 0 Å². The molecule has 0 saturated heterocycles. The molecule has 0 atom stereocenters. The van der Waals surface area contributed by atoms with Gasteiger partial charge in [-0.1, -0.05) is 0 Å². The maximum absolute atomic E-state index is 11.8. The molecule has 1 aromatic carbocycles. The number of hydrogen-bond acceptors (Lipinski definition) is 6. The van der Waals surface area contributed by atoms with Gasteiger partial charge in [-0.25, -0.2) is 8.42 Å². The third-order valence-electron chi connectivity index (χ3n) is 2.30. The first-order valence-corrected chi connectivity index (χ1v) is 8.30. The van der Waals surface area contributed by atoms with E-state index in [4.69, 9.17) is 15.2 Å². The lowest BCUT2D eigenvalue weighted by atomic mass is 10.2. The van der Waals surface area contributed by atoms with Crippen LogP contribution in [-0.2, 0) is 19.4 Å². The fourth-order valence-electron chi connectivity index (χ4n) is 1.47. The number of carbonyl (C=O) groups is 1. The van der Waals surface area contributed by atoms with Gasteiger partial charge in [0.05, 0.1) is 5.75 Å². The zero-order valence-electron chi connectivity index (χ0n) is 12.5. The van der Waals surface area contributed by atoms with Crippen molar-refractivity contribution in [3.8, 4) is 5.75 Å². The molecule has 1 aromatic rings. The van der Waals surface area contributed by atoms with Gasteiger partial charge in [-0.2, -0.15) is 0 Å². The van der Waals surface area contributed by atoms with Gasteiger partial charge in [0, 0.05) is 5.69 Å². The Bertz CT molecular complexity index is 572. The van der Waals surface area contributed by atoms with Crippen LogP contribution in [0.1, 0.15) is 20.8 Å². The standard InChI is InChI=1S/C14H21NO5S/c1-14(2,3)20-13(16)10-21(17,18)9-8-19-12-6-4-11(15)5-7-12/h4-7H,8-10,15H2,1-3H3. The molecule has 0 spiro atoms. The number of benzene rings is 1. The van der Waals surface area contributed by atoms with Crippen LogP contribution in [-0.4, -0.2) is 38.1 Å². The Balaban J connectivity index is 2.42. The van der Waals surface area contributed by atoms with E-state index in [-0.39, 0.29) is 12.4 Å². The van der Waals surface area contributed by atoms with Crippen molar-refractivity contribution >= 4 is 21.5 Å². The fourth-order valence-corrected chi connectivity index (χ4v) is 2.37. The normalized spacial score (nSPS) is 12.0. The van der Waals surface area contributed by atoms with Crippen LogP contribution < -0.4 is 10.5 Å². The number of rotatable bonds is 6. The summed E-state index contributed by atoms with van der Waals surface area (Å²) in [4.78, 5) is 11.5. The zero-order chi connectivity index (χ0) is 16.1. The Morgan fingerprint density at radius 3 is 2.29 bits per heavy atom. The van der Waals surface area contributed by atoms with Crippen molar-refractivity contribution in [2.24, 2.45) is 0 Å². The van der Waals surface area contributed by atoms with Crippen LogP contribution in [0.3, 0.4) is 0 Å². The van der Waals surface area contributed by atoms with Crippen LogP contribution >= 0.6 is 0 Å². The first-order chi connectivity index (χ1) is 9.57. The van der Waals surface area contributed by atoms with Gasteiger partial charge in [-0.05, 0) is 45.0 Å². The Hall–Kier alpha value is -1.76. The fraction of sp³-hybridized carbons (Fsp3) is 0.500. The molecule has 7 heteroatoms. The highest BCUT2D eigenvalue weighted by molar-refractivity contribution is 7.92. The molecule has 2 N–H and O–H groups in total. The zero-order valence-corrected chi connectivity index (χ0v) is 13.3. The number of sulfone groups is 1. The van der Waals surface area contributed by atoms with Crippen molar-refractivity contribution in [1.82, 2.24) is 0 Å². The Morgan fingerprint density at radius 1 is 1.19 bits per heavy atom. The topological polar surface area (TPSA) is 95.7 Å². The average Bonchev–Trinajstić information content (AvgIpc) is 2.28. The molecule has 0 bridgehead atoms. The quantitative estimate of drug-likeness (QED) is 0.630. The van der Waals surface area contributed by atoms with Gasteiger partial charge in [0.25, 0.3) is 0 Å². The van der Waals surface area contributed by atoms with E-state index < -0.39 is 27.2 Å². The van der Waals surface area contributed by atoms with Gasteiger partial charge in [-0.3, -0.25) is 4.79 Å². The summed E-state index contributed by atoms with van der Waals surface area (Å²) in [6.07, 6.45) is 0. The van der Waals surface area contributed by atoms with E-state index in [1.165, 1.54) is 0 Å². The molecule has 0 aliphatic rings. The van der Waals surface area contributed by atoms with Crippen LogP contribution in [0, 0.1) is 0 Å². The largest absolute Gasteiger partial charge is 0.493 e. The van der Waals surface area contributed by atoms with E-state index in [1.807, 2.05) is 0 Å². The van der Waals surface area contributed by atoms with Gasteiger partial charge in [0.15, 0.2) is 9.84 Å². The van der Waals surface area contributed by atoms with E-state index in [0.717, 1.165) is 0 Å². The number of anilines is 1. The maximum Gasteiger partial charge on any atom is 0.321 e. The number of ether oxygens (including phenoxy) is 2. The maximum atomic E-state index is 11.8. The van der Waals surface area contributed by atoms with Gasteiger partial charge in [0.2, 0.25) is 0 Å². The molecule has 0 radical (unpaired) electrons. The lowest BCUT2D eigenvalue weighted by Crippen LogP contribution is -2.30. The van der Waals surface area contributed by atoms with Gasteiger partial charge >= 0.3 is 5.97 Å². The molecule has 0 aromatic heterocycles. The summed E-state index contributed by atoms with van der Waals surface area (Å²) in [5.74, 6) is -1.13. The molecule has 118 valence electrons. The first-order valence-electron chi connectivity index (χ1n) is 6.48. The molecule has 21 heavy (non-hydrogen) atoms. The Morgan fingerprint density at radius 2 is 1.76 bits per heavy atom. The predicted octanol–water partition coefficient (Wildman–Crippen LogP) is 1.40. The average molecular weight is 315 g/mol. The van der Waals surface area contributed by atoms with E-state index in [2.05, 4.69) is 0 Å². The minimum absolute atomic E-state index is 0.0327. The first kappa shape index (κ1) is 17.3. The summed E-state index contributed by atoms with van der Waals surface area (Å²) < 4.78 is 33.8. The van der Waals surface area contributed by atoms with Gasteiger partial charge in [-0.15, -0.1) is 0 Å². The van der Waals surface area contributed by atoms with Crippen LogP contribution in [0.5, 0.6) is 5.75 Å². The highest BCUT2D eigenvalue weighted by atomic mass is 32.2. The summed E-state index contributed by atoms with van der Waals surface area (Å²) in [5, 5.41) is 0. The molecule has 0 heterocycles. The second-order valence-electron chi connectivity index (χ2n) is 5.60.